The number of carbonyl (C=O) groups is 1. The molecule has 0 spiro atoms. The Balaban J connectivity index is 1.42. The highest BCUT2D eigenvalue weighted by Gasteiger charge is 2.18. The number of carbonyl (C=O) groups excluding carboxylic acids is 1. The third-order valence-corrected chi connectivity index (χ3v) is 5.47. The molecule has 1 aliphatic rings. The third kappa shape index (κ3) is 3.85. The number of amides is 1. The summed E-state index contributed by atoms with van der Waals surface area (Å²) in [6.07, 6.45) is 2.61. The molecular weight excluding hydrogens is 390 g/mol. The zero-order chi connectivity index (χ0) is 21.2. The monoisotopic (exact) mass is 413 g/mol. The molecule has 5 rings (SSSR count). The van der Waals surface area contributed by atoms with Gasteiger partial charge in [0.05, 0.1) is 22.9 Å². The van der Waals surface area contributed by atoms with Gasteiger partial charge in [-0.25, -0.2) is 15.0 Å². The number of para-hydroxylation sites is 2. The number of anilines is 1. The Kier molecular flexibility index (Phi) is 5.05. The normalized spacial score (nSPS) is 14.5. The van der Waals surface area contributed by atoms with Crippen molar-refractivity contribution in [3.63, 3.8) is 0 Å². The van der Waals surface area contributed by atoms with Crippen LogP contribution in [-0.2, 0) is 0 Å². The van der Waals surface area contributed by atoms with Crippen molar-refractivity contribution in [3.05, 3.63) is 60.3 Å². The molecule has 1 fully saturated rings. The van der Waals surface area contributed by atoms with Crippen LogP contribution >= 0.6 is 0 Å². The van der Waals surface area contributed by atoms with Crippen LogP contribution in [0.1, 0.15) is 16.8 Å². The summed E-state index contributed by atoms with van der Waals surface area (Å²) in [6.45, 7) is 3.28. The van der Waals surface area contributed by atoms with Crippen molar-refractivity contribution < 1.29 is 4.79 Å². The van der Waals surface area contributed by atoms with Crippen LogP contribution in [0.4, 0.5) is 5.82 Å². The van der Waals surface area contributed by atoms with Gasteiger partial charge in [0.15, 0.2) is 11.6 Å². The molecule has 0 saturated carbocycles. The SMILES string of the molecule is Nc1ncc(-c2ccc(C(=O)N3CCCNCC3)cc2)nc1-c1nc2ccccc2[nH]1. The molecule has 3 heterocycles. The van der Waals surface area contributed by atoms with E-state index in [4.69, 9.17) is 10.7 Å². The maximum atomic E-state index is 12.8. The van der Waals surface area contributed by atoms with Gasteiger partial charge in [0.25, 0.3) is 5.91 Å². The first-order chi connectivity index (χ1) is 15.2. The van der Waals surface area contributed by atoms with Crippen LogP contribution < -0.4 is 11.1 Å². The summed E-state index contributed by atoms with van der Waals surface area (Å²) in [6, 6.07) is 15.2. The van der Waals surface area contributed by atoms with Crippen LogP contribution in [0.15, 0.2) is 54.7 Å². The summed E-state index contributed by atoms with van der Waals surface area (Å²) in [5, 5.41) is 3.32. The van der Waals surface area contributed by atoms with E-state index in [1.807, 2.05) is 53.4 Å². The first kappa shape index (κ1) is 19.2. The molecule has 31 heavy (non-hydrogen) atoms. The van der Waals surface area contributed by atoms with E-state index in [9.17, 15) is 4.79 Å². The first-order valence-corrected chi connectivity index (χ1v) is 10.4. The smallest absolute Gasteiger partial charge is 0.253 e. The van der Waals surface area contributed by atoms with Gasteiger partial charge in [0.1, 0.15) is 5.69 Å². The second-order valence-corrected chi connectivity index (χ2v) is 7.56. The molecule has 8 nitrogen and oxygen atoms in total. The quantitative estimate of drug-likeness (QED) is 0.476. The Hall–Kier alpha value is -3.78. The van der Waals surface area contributed by atoms with Gasteiger partial charge in [0, 0.05) is 30.8 Å². The molecule has 1 saturated heterocycles. The molecule has 8 heteroatoms. The van der Waals surface area contributed by atoms with Crippen molar-refractivity contribution in [1.29, 1.82) is 0 Å². The lowest BCUT2D eigenvalue weighted by atomic mass is 10.1. The number of nitrogens with two attached hydrogens (primary N) is 1. The number of aromatic amines is 1. The van der Waals surface area contributed by atoms with Crippen molar-refractivity contribution in [2.75, 3.05) is 31.9 Å². The molecule has 0 radical (unpaired) electrons. The lowest BCUT2D eigenvalue weighted by Gasteiger charge is -2.20. The predicted octanol–water partition coefficient (Wildman–Crippen LogP) is 2.70. The van der Waals surface area contributed by atoms with Gasteiger partial charge < -0.3 is 20.9 Å². The lowest BCUT2D eigenvalue weighted by Crippen LogP contribution is -2.34. The summed E-state index contributed by atoms with van der Waals surface area (Å²) < 4.78 is 0. The van der Waals surface area contributed by atoms with E-state index in [1.165, 1.54) is 0 Å². The fourth-order valence-electron chi connectivity index (χ4n) is 3.79. The molecule has 1 amide bonds. The van der Waals surface area contributed by atoms with Crippen molar-refractivity contribution in [2.45, 2.75) is 6.42 Å². The predicted molar refractivity (Wildman–Crippen MR) is 120 cm³/mol. The fraction of sp³-hybridized carbons (Fsp3) is 0.217. The summed E-state index contributed by atoms with van der Waals surface area (Å²) in [5.74, 6) is 0.945. The van der Waals surface area contributed by atoms with Gasteiger partial charge in [-0.1, -0.05) is 24.3 Å². The fourth-order valence-corrected chi connectivity index (χ4v) is 3.79. The van der Waals surface area contributed by atoms with Crippen molar-refractivity contribution in [1.82, 2.24) is 30.2 Å². The van der Waals surface area contributed by atoms with E-state index in [2.05, 4.69) is 20.3 Å². The number of hydrogen-bond donors (Lipinski definition) is 3. The van der Waals surface area contributed by atoms with Crippen LogP contribution in [0.3, 0.4) is 0 Å². The first-order valence-electron chi connectivity index (χ1n) is 10.4. The molecule has 0 aliphatic carbocycles. The zero-order valence-electron chi connectivity index (χ0n) is 17.0. The van der Waals surface area contributed by atoms with Gasteiger partial charge >= 0.3 is 0 Å². The Labute approximate surface area is 179 Å². The lowest BCUT2D eigenvalue weighted by molar-refractivity contribution is 0.0766. The molecule has 1 aliphatic heterocycles. The minimum atomic E-state index is 0.0570. The number of imidazole rings is 1. The number of fused-ring (bicyclic) bond motifs is 1. The molecule has 2 aromatic carbocycles. The number of nitrogens with zero attached hydrogens (tertiary/aromatic N) is 4. The largest absolute Gasteiger partial charge is 0.382 e. The van der Waals surface area contributed by atoms with E-state index in [1.54, 1.807) is 6.20 Å². The van der Waals surface area contributed by atoms with Crippen LogP contribution in [-0.4, -0.2) is 56.9 Å². The van der Waals surface area contributed by atoms with Gasteiger partial charge in [-0.05, 0) is 37.2 Å². The van der Waals surface area contributed by atoms with E-state index in [-0.39, 0.29) is 5.91 Å². The molecular formula is C23H23N7O. The molecule has 4 aromatic rings. The van der Waals surface area contributed by atoms with E-state index < -0.39 is 0 Å². The topological polar surface area (TPSA) is 113 Å². The number of aromatic nitrogens is 4. The zero-order valence-corrected chi connectivity index (χ0v) is 17.0. The summed E-state index contributed by atoms with van der Waals surface area (Å²) >= 11 is 0. The Morgan fingerprint density at radius 3 is 2.68 bits per heavy atom. The van der Waals surface area contributed by atoms with Gasteiger partial charge in [-0.15, -0.1) is 0 Å². The number of benzene rings is 2. The number of nitrogen functional groups attached to an aromatic ring is 1. The summed E-state index contributed by atoms with van der Waals surface area (Å²) in [4.78, 5) is 31.6. The van der Waals surface area contributed by atoms with Crippen molar-refractivity contribution >= 4 is 22.8 Å². The molecule has 4 N–H and O–H groups in total. The molecule has 156 valence electrons. The molecule has 0 bridgehead atoms. The summed E-state index contributed by atoms with van der Waals surface area (Å²) in [5.41, 5.74) is 10.6. The number of nitrogens with one attached hydrogen (secondary N) is 2. The van der Waals surface area contributed by atoms with Crippen molar-refractivity contribution in [3.8, 4) is 22.8 Å². The number of H-pyrrole nitrogens is 1. The maximum Gasteiger partial charge on any atom is 0.253 e. The minimum absolute atomic E-state index is 0.0570. The summed E-state index contributed by atoms with van der Waals surface area (Å²) in [7, 11) is 0. The van der Waals surface area contributed by atoms with Gasteiger partial charge in [0.2, 0.25) is 0 Å². The maximum absolute atomic E-state index is 12.8. The highest BCUT2D eigenvalue weighted by molar-refractivity contribution is 5.94. The number of hydrogen-bond acceptors (Lipinski definition) is 6. The standard InChI is InChI=1S/C23H23N7O/c24-21-20(22-28-17-4-1-2-5-18(17)29-22)27-19(14-26-21)15-6-8-16(9-7-15)23(31)30-12-3-10-25-11-13-30/h1-2,4-9,14,25H,3,10-13H2,(H2,24,26)(H,28,29). The van der Waals surface area contributed by atoms with Crippen LogP contribution in [0.2, 0.25) is 0 Å². The average molecular weight is 413 g/mol. The van der Waals surface area contributed by atoms with E-state index in [0.29, 0.717) is 28.6 Å². The van der Waals surface area contributed by atoms with Crippen LogP contribution in [0.5, 0.6) is 0 Å². The Morgan fingerprint density at radius 2 is 1.84 bits per heavy atom. The van der Waals surface area contributed by atoms with Crippen LogP contribution in [0, 0.1) is 0 Å². The molecule has 2 aromatic heterocycles. The Morgan fingerprint density at radius 1 is 1.00 bits per heavy atom. The van der Waals surface area contributed by atoms with Gasteiger partial charge in [-0.3, -0.25) is 4.79 Å². The molecule has 0 atom stereocenters. The second-order valence-electron chi connectivity index (χ2n) is 7.56. The number of rotatable bonds is 3. The van der Waals surface area contributed by atoms with Crippen LogP contribution in [0.25, 0.3) is 33.8 Å². The highest BCUT2D eigenvalue weighted by Crippen LogP contribution is 2.26. The second kappa shape index (κ2) is 8.16. The third-order valence-electron chi connectivity index (χ3n) is 5.47. The van der Waals surface area contributed by atoms with Crippen molar-refractivity contribution in [2.24, 2.45) is 0 Å². The van der Waals surface area contributed by atoms with Gasteiger partial charge in [-0.2, -0.15) is 0 Å². The highest BCUT2D eigenvalue weighted by atomic mass is 16.2. The minimum Gasteiger partial charge on any atom is -0.382 e. The Bertz CT molecular complexity index is 1190. The van der Waals surface area contributed by atoms with E-state index >= 15 is 0 Å². The van der Waals surface area contributed by atoms with E-state index in [0.717, 1.165) is 49.2 Å². The average Bonchev–Trinajstić information content (AvgIpc) is 3.05. The molecule has 0 unspecified atom stereocenters.